The van der Waals surface area contributed by atoms with Crippen LogP contribution in [0, 0.1) is 0 Å². The summed E-state index contributed by atoms with van der Waals surface area (Å²) in [4.78, 5) is 0.0272. The van der Waals surface area contributed by atoms with Crippen LogP contribution in [-0.2, 0) is 16.4 Å². The van der Waals surface area contributed by atoms with Crippen LogP contribution in [0.25, 0.3) is 0 Å². The second-order valence-electron chi connectivity index (χ2n) is 5.54. The lowest BCUT2D eigenvalue weighted by Crippen LogP contribution is -2.57. The van der Waals surface area contributed by atoms with Crippen LogP contribution in [0.4, 0.5) is 13.2 Å². The van der Waals surface area contributed by atoms with Gasteiger partial charge in [0.1, 0.15) is 0 Å². The number of benzene rings is 1. The van der Waals surface area contributed by atoms with Crippen molar-refractivity contribution in [3.63, 3.8) is 0 Å². The molecule has 2 atom stereocenters. The Bertz CT molecular complexity index is 620. The summed E-state index contributed by atoms with van der Waals surface area (Å²) in [7, 11) is -3.69. The lowest BCUT2D eigenvalue weighted by molar-refractivity contribution is -0.127. The third kappa shape index (κ3) is 4.82. The molecule has 1 fully saturated rings. The Hall–Kier alpha value is -0.830. The number of alkyl halides is 3. The van der Waals surface area contributed by atoms with Gasteiger partial charge in [-0.25, -0.2) is 8.42 Å². The molecule has 0 radical (unpaired) electrons. The second kappa shape index (κ2) is 7.38. The first-order chi connectivity index (χ1) is 10.1. The van der Waals surface area contributed by atoms with E-state index in [2.05, 4.69) is 5.32 Å². The molecule has 0 spiro atoms. The van der Waals surface area contributed by atoms with Crippen LogP contribution >= 0.6 is 12.4 Å². The fourth-order valence-electron chi connectivity index (χ4n) is 2.51. The van der Waals surface area contributed by atoms with Gasteiger partial charge in [0.15, 0.2) is 0 Å². The molecular weight excluding hydrogens is 353 g/mol. The van der Waals surface area contributed by atoms with E-state index in [1.807, 2.05) is 13.8 Å². The molecule has 1 aliphatic heterocycles. The van der Waals surface area contributed by atoms with Crippen molar-refractivity contribution in [2.45, 2.75) is 43.4 Å². The van der Waals surface area contributed by atoms with Gasteiger partial charge in [0.05, 0.1) is 11.3 Å². The van der Waals surface area contributed by atoms with Crippen LogP contribution in [-0.4, -0.2) is 44.1 Å². The highest BCUT2D eigenvalue weighted by atomic mass is 35.5. The largest absolute Gasteiger partial charge is 0.393 e. The molecule has 4 nitrogen and oxygen atoms in total. The standard InChI is InChI=1S/C14H19F3N2O2S.ClH/c1-10-11(2)19(8-7-18-10)22(20,21)13-5-3-12(4-6-13)9-14(15,16)17;/h3-6,10-11,18H,7-9H2,1-2H3;1H. The Labute approximate surface area is 140 Å². The van der Waals surface area contributed by atoms with Gasteiger partial charge in [0.2, 0.25) is 10.0 Å². The third-order valence-electron chi connectivity index (χ3n) is 3.91. The van der Waals surface area contributed by atoms with E-state index in [-0.39, 0.29) is 34.9 Å². The van der Waals surface area contributed by atoms with E-state index >= 15 is 0 Å². The van der Waals surface area contributed by atoms with Gasteiger partial charge in [0.25, 0.3) is 0 Å². The number of halogens is 4. The molecular formula is C14H20ClF3N2O2S. The molecule has 0 aliphatic carbocycles. The first-order valence-corrected chi connectivity index (χ1v) is 8.46. The molecule has 23 heavy (non-hydrogen) atoms. The number of piperazine rings is 1. The van der Waals surface area contributed by atoms with E-state index in [0.29, 0.717) is 13.1 Å². The fraction of sp³-hybridized carbons (Fsp3) is 0.571. The number of hydrogen-bond acceptors (Lipinski definition) is 3. The Balaban J connectivity index is 0.00000264. The lowest BCUT2D eigenvalue weighted by atomic mass is 10.1. The fourth-order valence-corrected chi connectivity index (χ4v) is 4.21. The summed E-state index contributed by atoms with van der Waals surface area (Å²) in [5.41, 5.74) is 0.0492. The van der Waals surface area contributed by atoms with Gasteiger partial charge >= 0.3 is 6.18 Å². The third-order valence-corrected chi connectivity index (χ3v) is 5.91. The van der Waals surface area contributed by atoms with Crippen molar-refractivity contribution in [3.8, 4) is 0 Å². The highest BCUT2D eigenvalue weighted by Gasteiger charge is 2.34. The maximum atomic E-state index is 12.6. The predicted molar refractivity (Wildman–Crippen MR) is 84.3 cm³/mol. The van der Waals surface area contributed by atoms with Crippen molar-refractivity contribution in [3.05, 3.63) is 29.8 Å². The average Bonchev–Trinajstić information content (AvgIpc) is 2.40. The second-order valence-corrected chi connectivity index (χ2v) is 7.43. The van der Waals surface area contributed by atoms with Gasteiger partial charge in [-0.05, 0) is 31.5 Å². The highest BCUT2D eigenvalue weighted by Crippen LogP contribution is 2.25. The summed E-state index contributed by atoms with van der Waals surface area (Å²) >= 11 is 0. The molecule has 9 heteroatoms. The average molecular weight is 373 g/mol. The molecule has 1 aliphatic rings. The summed E-state index contributed by atoms with van der Waals surface area (Å²) in [6, 6.07) is 4.74. The van der Waals surface area contributed by atoms with Crippen LogP contribution in [0.2, 0.25) is 0 Å². The maximum Gasteiger partial charge on any atom is 0.393 e. The van der Waals surface area contributed by atoms with E-state index < -0.39 is 22.6 Å². The van der Waals surface area contributed by atoms with Gasteiger partial charge in [-0.3, -0.25) is 0 Å². The molecule has 132 valence electrons. The lowest BCUT2D eigenvalue weighted by Gasteiger charge is -2.37. The molecule has 0 bridgehead atoms. The summed E-state index contributed by atoms with van der Waals surface area (Å²) in [5.74, 6) is 0. The monoisotopic (exact) mass is 372 g/mol. The van der Waals surface area contributed by atoms with Crippen LogP contribution < -0.4 is 5.32 Å². The summed E-state index contributed by atoms with van der Waals surface area (Å²) in [6.45, 7) is 4.61. The molecule has 2 rings (SSSR count). The van der Waals surface area contributed by atoms with Crippen molar-refractivity contribution >= 4 is 22.4 Å². The molecule has 0 amide bonds. The van der Waals surface area contributed by atoms with Gasteiger partial charge in [-0.15, -0.1) is 12.4 Å². The van der Waals surface area contributed by atoms with Crippen molar-refractivity contribution in [1.29, 1.82) is 0 Å². The smallest absolute Gasteiger partial charge is 0.311 e. The normalized spacial score (nSPS) is 23.3. The van der Waals surface area contributed by atoms with E-state index in [0.717, 1.165) is 0 Å². The SMILES string of the molecule is CC1NCCN(S(=O)(=O)c2ccc(CC(F)(F)F)cc2)C1C.Cl. The van der Waals surface area contributed by atoms with Crippen molar-refractivity contribution in [2.75, 3.05) is 13.1 Å². The Kier molecular flexibility index (Phi) is 6.48. The Morgan fingerprint density at radius 3 is 2.30 bits per heavy atom. The number of nitrogens with one attached hydrogen (secondary N) is 1. The van der Waals surface area contributed by atoms with Crippen molar-refractivity contribution in [1.82, 2.24) is 9.62 Å². The van der Waals surface area contributed by atoms with Gasteiger partial charge in [-0.2, -0.15) is 17.5 Å². The van der Waals surface area contributed by atoms with E-state index in [1.165, 1.54) is 28.6 Å². The Morgan fingerprint density at radius 2 is 1.78 bits per heavy atom. The highest BCUT2D eigenvalue weighted by molar-refractivity contribution is 7.89. The molecule has 1 aromatic carbocycles. The zero-order chi connectivity index (χ0) is 16.5. The predicted octanol–water partition coefficient (Wildman–Crippen LogP) is 2.58. The zero-order valence-electron chi connectivity index (χ0n) is 12.8. The van der Waals surface area contributed by atoms with E-state index in [4.69, 9.17) is 0 Å². The zero-order valence-corrected chi connectivity index (χ0v) is 14.4. The first-order valence-electron chi connectivity index (χ1n) is 7.02. The van der Waals surface area contributed by atoms with Crippen LogP contribution in [0.1, 0.15) is 19.4 Å². The number of hydrogen-bond donors (Lipinski definition) is 1. The van der Waals surface area contributed by atoms with Gasteiger partial charge < -0.3 is 5.32 Å². The number of rotatable bonds is 3. The number of nitrogens with zero attached hydrogens (tertiary/aromatic N) is 1. The first kappa shape index (κ1) is 20.2. The molecule has 1 saturated heterocycles. The topological polar surface area (TPSA) is 49.4 Å². The van der Waals surface area contributed by atoms with Gasteiger partial charge in [0, 0.05) is 25.2 Å². The van der Waals surface area contributed by atoms with Crippen LogP contribution in [0.5, 0.6) is 0 Å². The Morgan fingerprint density at radius 1 is 1.22 bits per heavy atom. The van der Waals surface area contributed by atoms with Crippen LogP contribution in [0.3, 0.4) is 0 Å². The van der Waals surface area contributed by atoms with Crippen LogP contribution in [0.15, 0.2) is 29.2 Å². The summed E-state index contributed by atoms with van der Waals surface area (Å²) in [6.07, 6.45) is -5.36. The molecule has 0 saturated carbocycles. The minimum absolute atomic E-state index is 0. The quantitative estimate of drug-likeness (QED) is 0.887. The molecule has 1 N–H and O–H groups in total. The van der Waals surface area contributed by atoms with E-state index in [9.17, 15) is 21.6 Å². The maximum absolute atomic E-state index is 12.6. The van der Waals surface area contributed by atoms with Crippen molar-refractivity contribution in [2.24, 2.45) is 0 Å². The molecule has 1 aromatic rings. The minimum Gasteiger partial charge on any atom is -0.311 e. The summed E-state index contributed by atoms with van der Waals surface area (Å²) in [5, 5.41) is 3.19. The van der Waals surface area contributed by atoms with Gasteiger partial charge in [-0.1, -0.05) is 12.1 Å². The van der Waals surface area contributed by atoms with E-state index in [1.54, 1.807) is 0 Å². The van der Waals surface area contributed by atoms with Crippen molar-refractivity contribution < 1.29 is 21.6 Å². The summed E-state index contributed by atoms with van der Waals surface area (Å²) < 4.78 is 63.6. The molecule has 0 aromatic heterocycles. The minimum atomic E-state index is -4.30. The number of sulfonamides is 1. The molecule has 2 unspecified atom stereocenters. The molecule has 1 heterocycles.